The fraction of sp³-hybridized carbons (Fsp3) is 0.333. The first-order chi connectivity index (χ1) is 14.5. The third-order valence-electron chi connectivity index (χ3n) is 4.86. The highest BCUT2D eigenvalue weighted by atomic mass is 32.1. The van der Waals surface area contributed by atoms with Gasteiger partial charge in [-0.1, -0.05) is 31.5 Å². The normalized spacial score (nSPS) is 12.0. The van der Waals surface area contributed by atoms with E-state index in [4.69, 9.17) is 9.47 Å². The molecule has 0 fully saturated rings. The van der Waals surface area contributed by atoms with Crippen molar-refractivity contribution in [2.24, 2.45) is 0 Å². The summed E-state index contributed by atoms with van der Waals surface area (Å²) in [7, 11) is 0. The van der Waals surface area contributed by atoms with Crippen LogP contribution >= 0.6 is 11.3 Å². The fourth-order valence-corrected chi connectivity index (χ4v) is 4.54. The molecule has 1 heterocycles. The van der Waals surface area contributed by atoms with E-state index in [0.29, 0.717) is 53.6 Å². The van der Waals surface area contributed by atoms with Gasteiger partial charge in [0.2, 0.25) is 5.78 Å². The number of ketones is 1. The molecule has 0 bridgehead atoms. The molecule has 30 heavy (non-hydrogen) atoms. The Morgan fingerprint density at radius 3 is 2.27 bits per heavy atom. The number of hydrogen-bond donors (Lipinski definition) is 1. The number of carboxylic acids is 1. The van der Waals surface area contributed by atoms with E-state index in [1.165, 1.54) is 11.3 Å². The first kappa shape index (κ1) is 21.8. The Morgan fingerprint density at radius 2 is 1.67 bits per heavy atom. The van der Waals surface area contributed by atoms with Crippen LogP contribution < -0.4 is 9.47 Å². The number of carbonyl (C=O) groups is 2. The van der Waals surface area contributed by atoms with Crippen molar-refractivity contribution < 1.29 is 24.2 Å². The van der Waals surface area contributed by atoms with Crippen LogP contribution in [-0.4, -0.2) is 30.1 Å². The number of hydrogen-bond acceptors (Lipinski definition) is 5. The second-order valence-corrected chi connectivity index (χ2v) is 7.99. The molecule has 0 saturated carbocycles. The Balaban J connectivity index is 2.19. The van der Waals surface area contributed by atoms with Gasteiger partial charge in [-0.05, 0) is 55.5 Å². The molecule has 0 spiro atoms. The Labute approximate surface area is 180 Å². The molecule has 1 aromatic heterocycles. The van der Waals surface area contributed by atoms with Crippen LogP contribution in [0.5, 0.6) is 11.5 Å². The van der Waals surface area contributed by atoms with Crippen LogP contribution in [0.3, 0.4) is 0 Å². The van der Waals surface area contributed by atoms with Crippen molar-refractivity contribution in [2.45, 2.75) is 39.5 Å². The first-order valence-electron chi connectivity index (χ1n) is 10.2. The third kappa shape index (κ3) is 4.49. The highest BCUT2D eigenvalue weighted by Crippen LogP contribution is 2.38. The zero-order valence-corrected chi connectivity index (χ0v) is 18.3. The van der Waals surface area contributed by atoms with Crippen LogP contribution in [0.1, 0.15) is 60.3 Å². The summed E-state index contributed by atoms with van der Waals surface area (Å²) in [5, 5.41) is 10.9. The molecule has 5 nitrogen and oxygen atoms in total. The van der Waals surface area contributed by atoms with Gasteiger partial charge in [0.05, 0.1) is 24.0 Å². The number of benzene rings is 2. The van der Waals surface area contributed by atoms with E-state index in [2.05, 4.69) is 0 Å². The molecule has 2 aromatic carbocycles. The molecule has 0 aliphatic rings. The van der Waals surface area contributed by atoms with Crippen LogP contribution in [0.4, 0.5) is 0 Å². The Hall–Kier alpha value is -2.86. The van der Waals surface area contributed by atoms with E-state index in [-0.39, 0.29) is 5.78 Å². The van der Waals surface area contributed by atoms with E-state index in [0.717, 1.165) is 10.1 Å². The van der Waals surface area contributed by atoms with E-state index in [9.17, 15) is 14.7 Å². The standard InChI is InChI=1S/C24H26O5S/c1-4-9-16(24(26)27)17-13-19(28-5-2)20(29-6-3)14-18(17)23(25)22-12-15-10-7-8-11-21(15)30-22/h7-8,10-14,16H,4-6,9H2,1-3H3,(H,26,27). The maximum absolute atomic E-state index is 13.5. The molecular formula is C24H26O5S. The Kier molecular flexibility index (Phi) is 7.11. The van der Waals surface area contributed by atoms with Gasteiger partial charge < -0.3 is 14.6 Å². The number of thiophene rings is 1. The molecule has 0 radical (unpaired) electrons. The second kappa shape index (κ2) is 9.76. The highest BCUT2D eigenvalue weighted by molar-refractivity contribution is 7.21. The molecule has 6 heteroatoms. The van der Waals surface area contributed by atoms with Crippen LogP contribution in [0.15, 0.2) is 42.5 Å². The van der Waals surface area contributed by atoms with E-state index in [1.54, 1.807) is 12.1 Å². The molecular weight excluding hydrogens is 400 g/mol. The van der Waals surface area contributed by atoms with Crippen molar-refractivity contribution in [1.29, 1.82) is 0 Å². The van der Waals surface area contributed by atoms with Gasteiger partial charge in [0, 0.05) is 10.3 Å². The van der Waals surface area contributed by atoms with Crippen molar-refractivity contribution in [3.63, 3.8) is 0 Å². The molecule has 0 aliphatic heterocycles. The molecule has 1 N–H and O–H groups in total. The summed E-state index contributed by atoms with van der Waals surface area (Å²) >= 11 is 1.41. The Morgan fingerprint density at radius 1 is 1.00 bits per heavy atom. The van der Waals surface area contributed by atoms with Gasteiger partial charge >= 0.3 is 5.97 Å². The predicted molar refractivity (Wildman–Crippen MR) is 119 cm³/mol. The number of carbonyl (C=O) groups excluding carboxylic acids is 1. The molecule has 158 valence electrons. The quantitative estimate of drug-likeness (QED) is 0.409. The zero-order chi connectivity index (χ0) is 21.7. The zero-order valence-electron chi connectivity index (χ0n) is 17.4. The topological polar surface area (TPSA) is 72.8 Å². The van der Waals surface area contributed by atoms with Crippen molar-refractivity contribution >= 4 is 33.2 Å². The van der Waals surface area contributed by atoms with Crippen molar-refractivity contribution in [2.75, 3.05) is 13.2 Å². The minimum absolute atomic E-state index is 0.197. The van der Waals surface area contributed by atoms with Gasteiger partial charge in [-0.25, -0.2) is 0 Å². The monoisotopic (exact) mass is 426 g/mol. The van der Waals surface area contributed by atoms with Gasteiger partial charge in [0.25, 0.3) is 0 Å². The maximum atomic E-state index is 13.5. The number of rotatable bonds is 10. The molecule has 3 aromatic rings. The van der Waals surface area contributed by atoms with E-state index in [1.807, 2.05) is 51.1 Å². The lowest BCUT2D eigenvalue weighted by Crippen LogP contribution is -2.17. The van der Waals surface area contributed by atoms with Gasteiger partial charge in [0.15, 0.2) is 11.5 Å². The molecule has 0 saturated heterocycles. The van der Waals surface area contributed by atoms with Crippen LogP contribution in [-0.2, 0) is 4.79 Å². The molecule has 0 amide bonds. The Bertz CT molecular complexity index is 1020. The third-order valence-corrected chi connectivity index (χ3v) is 5.98. The highest BCUT2D eigenvalue weighted by Gasteiger charge is 2.28. The van der Waals surface area contributed by atoms with Crippen molar-refractivity contribution in [3.8, 4) is 11.5 Å². The van der Waals surface area contributed by atoms with Crippen molar-refractivity contribution in [1.82, 2.24) is 0 Å². The number of aliphatic carboxylic acids is 1. The largest absolute Gasteiger partial charge is 0.490 e. The minimum atomic E-state index is -0.950. The van der Waals surface area contributed by atoms with Gasteiger partial charge in [-0.2, -0.15) is 0 Å². The summed E-state index contributed by atoms with van der Waals surface area (Å²) in [6.45, 7) is 6.46. The molecule has 1 atom stereocenters. The van der Waals surface area contributed by atoms with Crippen LogP contribution in [0.25, 0.3) is 10.1 Å². The fourth-order valence-electron chi connectivity index (χ4n) is 3.52. The average Bonchev–Trinajstić information content (AvgIpc) is 3.17. The number of fused-ring (bicyclic) bond motifs is 1. The summed E-state index contributed by atoms with van der Waals surface area (Å²) in [6, 6.07) is 13.0. The van der Waals surface area contributed by atoms with E-state index >= 15 is 0 Å². The van der Waals surface area contributed by atoms with Crippen LogP contribution in [0, 0.1) is 0 Å². The number of carboxylic acid groups (broad SMARTS) is 1. The average molecular weight is 427 g/mol. The molecule has 3 rings (SSSR count). The van der Waals surface area contributed by atoms with Crippen molar-refractivity contribution in [3.05, 3.63) is 58.5 Å². The summed E-state index contributed by atoms with van der Waals surface area (Å²) in [5.41, 5.74) is 0.827. The molecule has 1 unspecified atom stereocenters. The molecule has 0 aliphatic carbocycles. The predicted octanol–water partition coefficient (Wildman–Crippen LogP) is 5.90. The van der Waals surface area contributed by atoms with Crippen LogP contribution in [0.2, 0.25) is 0 Å². The smallest absolute Gasteiger partial charge is 0.310 e. The first-order valence-corrected chi connectivity index (χ1v) is 11.0. The second-order valence-electron chi connectivity index (χ2n) is 6.91. The summed E-state index contributed by atoms with van der Waals surface area (Å²) in [5.74, 6) is -1.03. The minimum Gasteiger partial charge on any atom is -0.490 e. The SMILES string of the molecule is CCCC(C(=O)O)c1cc(OCC)c(OCC)cc1C(=O)c1cc2ccccc2s1. The maximum Gasteiger partial charge on any atom is 0.310 e. The summed E-state index contributed by atoms with van der Waals surface area (Å²) in [6.07, 6.45) is 1.12. The lowest BCUT2D eigenvalue weighted by Gasteiger charge is -2.19. The van der Waals surface area contributed by atoms with E-state index < -0.39 is 11.9 Å². The lowest BCUT2D eigenvalue weighted by atomic mass is 9.88. The lowest BCUT2D eigenvalue weighted by molar-refractivity contribution is -0.139. The van der Waals surface area contributed by atoms with Gasteiger partial charge in [-0.3, -0.25) is 9.59 Å². The number of ether oxygens (including phenoxy) is 2. The summed E-state index contributed by atoms with van der Waals surface area (Å²) < 4.78 is 12.4. The van der Waals surface area contributed by atoms with Gasteiger partial charge in [0.1, 0.15) is 0 Å². The summed E-state index contributed by atoms with van der Waals surface area (Å²) in [4.78, 5) is 26.1. The van der Waals surface area contributed by atoms with Gasteiger partial charge in [-0.15, -0.1) is 11.3 Å².